The van der Waals surface area contributed by atoms with Gasteiger partial charge in [-0.25, -0.2) is 0 Å². The fraction of sp³-hybridized carbons (Fsp3) is 0.455. The van der Waals surface area contributed by atoms with Crippen LogP contribution in [0.4, 0.5) is 5.69 Å². The zero-order valence-electron chi connectivity index (χ0n) is 8.42. The number of hydrogen-bond acceptors (Lipinski definition) is 3. The van der Waals surface area contributed by atoms with Crippen molar-refractivity contribution >= 4 is 5.69 Å². The predicted octanol–water partition coefficient (Wildman–Crippen LogP) is 1.61. The lowest BCUT2D eigenvalue weighted by Gasteiger charge is -2.24. The Bertz CT molecular complexity index is 332. The van der Waals surface area contributed by atoms with Crippen LogP contribution in [0.5, 0.6) is 5.75 Å². The minimum Gasteiger partial charge on any atom is -0.496 e. The molecule has 0 heterocycles. The first-order valence-corrected chi connectivity index (χ1v) is 4.94. The van der Waals surface area contributed by atoms with Gasteiger partial charge in [-0.1, -0.05) is 0 Å². The molecule has 3 heteroatoms. The van der Waals surface area contributed by atoms with E-state index < -0.39 is 0 Å². The van der Waals surface area contributed by atoms with Crippen LogP contribution in [0.1, 0.15) is 30.0 Å². The third-order valence-corrected chi connectivity index (χ3v) is 2.80. The van der Waals surface area contributed by atoms with Gasteiger partial charge in [-0.05, 0) is 30.9 Å². The van der Waals surface area contributed by atoms with Gasteiger partial charge in [-0.2, -0.15) is 0 Å². The van der Waals surface area contributed by atoms with Crippen molar-refractivity contribution in [2.45, 2.75) is 25.3 Å². The van der Waals surface area contributed by atoms with Crippen LogP contribution in [0.2, 0.25) is 0 Å². The third-order valence-electron chi connectivity index (χ3n) is 2.80. The van der Waals surface area contributed by atoms with Gasteiger partial charge in [0.15, 0.2) is 0 Å². The molecule has 0 radical (unpaired) electrons. The molecule has 76 valence electrons. The van der Waals surface area contributed by atoms with E-state index in [9.17, 15) is 0 Å². The van der Waals surface area contributed by atoms with Crippen molar-refractivity contribution in [3.63, 3.8) is 0 Å². The molecule has 1 unspecified atom stereocenters. The van der Waals surface area contributed by atoms with E-state index in [1.165, 1.54) is 5.56 Å². The quantitative estimate of drug-likeness (QED) is 0.664. The van der Waals surface area contributed by atoms with E-state index in [0.29, 0.717) is 0 Å². The van der Waals surface area contributed by atoms with Gasteiger partial charge >= 0.3 is 0 Å². The summed E-state index contributed by atoms with van der Waals surface area (Å²) in [5.41, 5.74) is 15.0. The molecular weight excluding hydrogens is 176 g/mol. The summed E-state index contributed by atoms with van der Waals surface area (Å²) < 4.78 is 5.30. The number of anilines is 1. The Morgan fingerprint density at radius 1 is 1.43 bits per heavy atom. The van der Waals surface area contributed by atoms with Crippen LogP contribution in [0.3, 0.4) is 0 Å². The summed E-state index contributed by atoms with van der Waals surface area (Å²) in [5, 5.41) is 0. The normalized spacial score (nSPS) is 20.3. The Morgan fingerprint density at radius 3 is 2.93 bits per heavy atom. The van der Waals surface area contributed by atoms with E-state index in [-0.39, 0.29) is 6.04 Å². The highest BCUT2D eigenvalue weighted by Gasteiger charge is 2.21. The molecule has 0 amide bonds. The van der Waals surface area contributed by atoms with Gasteiger partial charge in [-0.15, -0.1) is 0 Å². The second-order valence-electron chi connectivity index (χ2n) is 3.79. The Labute approximate surface area is 84.0 Å². The SMILES string of the molecule is COc1cc(N)cc2c1C(N)CCC2. The summed E-state index contributed by atoms with van der Waals surface area (Å²) in [7, 11) is 1.66. The molecule has 0 bridgehead atoms. The number of nitrogens with two attached hydrogens (primary N) is 2. The molecule has 0 spiro atoms. The van der Waals surface area contributed by atoms with Crippen molar-refractivity contribution < 1.29 is 4.74 Å². The summed E-state index contributed by atoms with van der Waals surface area (Å²) in [6.07, 6.45) is 3.23. The lowest BCUT2D eigenvalue weighted by atomic mass is 9.87. The average molecular weight is 192 g/mol. The van der Waals surface area contributed by atoms with Crippen LogP contribution in [0.25, 0.3) is 0 Å². The molecule has 0 saturated heterocycles. The number of ether oxygens (including phenoxy) is 1. The van der Waals surface area contributed by atoms with Crippen molar-refractivity contribution in [3.05, 3.63) is 23.3 Å². The summed E-state index contributed by atoms with van der Waals surface area (Å²) in [6, 6.07) is 3.97. The van der Waals surface area contributed by atoms with Crippen LogP contribution in [0, 0.1) is 0 Å². The standard InChI is InChI=1S/C11H16N2O/c1-14-10-6-8(12)5-7-3-2-4-9(13)11(7)10/h5-6,9H,2-4,12-13H2,1H3. The highest BCUT2D eigenvalue weighted by Crippen LogP contribution is 2.36. The van der Waals surface area contributed by atoms with Crippen LogP contribution in [-0.2, 0) is 6.42 Å². The molecule has 2 rings (SSSR count). The van der Waals surface area contributed by atoms with E-state index in [4.69, 9.17) is 16.2 Å². The number of nitrogen functional groups attached to an aromatic ring is 1. The molecule has 1 aliphatic rings. The van der Waals surface area contributed by atoms with Crippen LogP contribution < -0.4 is 16.2 Å². The van der Waals surface area contributed by atoms with Crippen molar-refractivity contribution in [1.82, 2.24) is 0 Å². The summed E-state index contributed by atoms with van der Waals surface area (Å²) in [5.74, 6) is 0.840. The first-order valence-electron chi connectivity index (χ1n) is 4.94. The third kappa shape index (κ3) is 1.44. The Balaban J connectivity index is 2.55. The smallest absolute Gasteiger partial charge is 0.125 e. The number of rotatable bonds is 1. The first kappa shape index (κ1) is 9.34. The van der Waals surface area contributed by atoms with E-state index in [1.807, 2.05) is 12.1 Å². The molecule has 4 N–H and O–H groups in total. The maximum Gasteiger partial charge on any atom is 0.125 e. The van der Waals surface area contributed by atoms with Gasteiger partial charge in [0.2, 0.25) is 0 Å². The topological polar surface area (TPSA) is 61.3 Å². The summed E-state index contributed by atoms with van der Waals surface area (Å²) in [4.78, 5) is 0. The minimum absolute atomic E-state index is 0.106. The molecular formula is C11H16N2O. The van der Waals surface area contributed by atoms with Gasteiger partial charge < -0.3 is 16.2 Å². The lowest BCUT2D eigenvalue weighted by molar-refractivity contribution is 0.399. The van der Waals surface area contributed by atoms with Gasteiger partial charge in [0.25, 0.3) is 0 Å². The molecule has 0 aliphatic heterocycles. The second-order valence-corrected chi connectivity index (χ2v) is 3.79. The maximum absolute atomic E-state index is 6.05. The average Bonchev–Trinajstić information content (AvgIpc) is 2.16. The molecule has 0 fully saturated rings. The minimum atomic E-state index is 0.106. The summed E-state index contributed by atoms with van der Waals surface area (Å²) >= 11 is 0. The van der Waals surface area contributed by atoms with Crippen LogP contribution in [0.15, 0.2) is 12.1 Å². The van der Waals surface area contributed by atoms with Gasteiger partial charge in [0.1, 0.15) is 5.75 Å². The Morgan fingerprint density at radius 2 is 2.21 bits per heavy atom. The summed E-state index contributed by atoms with van der Waals surface area (Å²) in [6.45, 7) is 0. The zero-order chi connectivity index (χ0) is 10.1. The number of aryl methyl sites for hydroxylation is 1. The van der Waals surface area contributed by atoms with Crippen LogP contribution >= 0.6 is 0 Å². The Kier molecular flexibility index (Phi) is 2.33. The fourth-order valence-corrected chi connectivity index (χ4v) is 2.16. The molecule has 0 saturated carbocycles. The molecule has 3 nitrogen and oxygen atoms in total. The monoisotopic (exact) mass is 192 g/mol. The van der Waals surface area contributed by atoms with E-state index in [0.717, 1.165) is 36.3 Å². The Hall–Kier alpha value is -1.22. The zero-order valence-corrected chi connectivity index (χ0v) is 8.42. The molecule has 14 heavy (non-hydrogen) atoms. The highest BCUT2D eigenvalue weighted by atomic mass is 16.5. The highest BCUT2D eigenvalue weighted by molar-refractivity contribution is 5.55. The predicted molar refractivity (Wildman–Crippen MR) is 57.3 cm³/mol. The fourth-order valence-electron chi connectivity index (χ4n) is 2.16. The number of fused-ring (bicyclic) bond motifs is 1. The maximum atomic E-state index is 6.05. The molecule has 1 aliphatic carbocycles. The molecule has 1 atom stereocenters. The van der Waals surface area contributed by atoms with Gasteiger partial charge in [-0.3, -0.25) is 0 Å². The molecule has 1 aromatic carbocycles. The number of hydrogen-bond donors (Lipinski definition) is 2. The number of benzene rings is 1. The van der Waals surface area contributed by atoms with Crippen molar-refractivity contribution in [3.8, 4) is 5.75 Å². The number of methoxy groups -OCH3 is 1. The van der Waals surface area contributed by atoms with E-state index >= 15 is 0 Å². The second kappa shape index (κ2) is 3.50. The van der Waals surface area contributed by atoms with Gasteiger partial charge in [0.05, 0.1) is 7.11 Å². The van der Waals surface area contributed by atoms with Crippen molar-refractivity contribution in [2.75, 3.05) is 12.8 Å². The van der Waals surface area contributed by atoms with Crippen molar-refractivity contribution in [1.29, 1.82) is 0 Å². The lowest BCUT2D eigenvalue weighted by Crippen LogP contribution is -2.18. The van der Waals surface area contributed by atoms with Crippen molar-refractivity contribution in [2.24, 2.45) is 5.73 Å². The van der Waals surface area contributed by atoms with E-state index in [2.05, 4.69) is 0 Å². The molecule has 1 aromatic rings. The van der Waals surface area contributed by atoms with E-state index in [1.54, 1.807) is 7.11 Å². The first-order chi connectivity index (χ1) is 6.72. The molecule has 0 aromatic heterocycles. The van der Waals surface area contributed by atoms with Crippen LogP contribution in [-0.4, -0.2) is 7.11 Å². The van der Waals surface area contributed by atoms with Gasteiger partial charge in [0, 0.05) is 23.4 Å². The largest absolute Gasteiger partial charge is 0.496 e.